The van der Waals surface area contributed by atoms with Gasteiger partial charge in [0.05, 0.1) is 0 Å². The molecule has 0 radical (unpaired) electrons. The molecule has 14 heteroatoms. The molecule has 4 saturated carbocycles. The summed E-state index contributed by atoms with van der Waals surface area (Å²) in [6.45, 7) is 14.1. The third kappa shape index (κ3) is 13.8. The summed E-state index contributed by atoms with van der Waals surface area (Å²) >= 11 is 0. The summed E-state index contributed by atoms with van der Waals surface area (Å²) < 4.78 is 100. The topological polar surface area (TPSA) is 99.2 Å². The monoisotopic (exact) mass is 1020 g/mol. The molecular formula is C58H81F6NO7. The number of carbonyl (C=O) groups excluding carboxylic acids is 4. The van der Waals surface area contributed by atoms with E-state index < -0.39 is 52.7 Å². The second-order valence-electron chi connectivity index (χ2n) is 22.4. The molecule has 4 aliphatic carbocycles. The molecule has 0 saturated heterocycles. The Morgan fingerprint density at radius 3 is 1.69 bits per heavy atom. The molecule has 8 nitrogen and oxygen atoms in total. The van der Waals surface area contributed by atoms with Crippen LogP contribution in [0.25, 0.3) is 0 Å². The number of hydrogen-bond donors (Lipinski definition) is 0. The number of unbranched alkanes of at least 4 members (excludes halogenated alkanes) is 10. The Hall–Kier alpha value is -4.10. The Balaban J connectivity index is 1.31. The van der Waals surface area contributed by atoms with E-state index in [1.807, 2.05) is 0 Å². The molecule has 4 fully saturated rings. The van der Waals surface area contributed by atoms with E-state index in [1.165, 1.54) is 82.6 Å². The lowest BCUT2D eigenvalue weighted by Gasteiger charge is -2.64. The summed E-state index contributed by atoms with van der Waals surface area (Å²) in [6.07, 6.45) is 8.49. The number of hydrogen-bond acceptors (Lipinski definition) is 7. The summed E-state index contributed by atoms with van der Waals surface area (Å²) in [5, 5.41) is 0. The maximum absolute atomic E-state index is 14.3. The Bertz CT molecular complexity index is 2080. The van der Waals surface area contributed by atoms with Crippen LogP contribution in [0, 0.1) is 46.3 Å². The number of nitrogens with zero attached hydrogens (tertiary/aromatic N) is 1. The third-order valence-corrected chi connectivity index (χ3v) is 17.8. The fourth-order valence-corrected chi connectivity index (χ4v) is 14.0. The van der Waals surface area contributed by atoms with Crippen LogP contribution in [0.4, 0.5) is 26.3 Å². The van der Waals surface area contributed by atoms with Gasteiger partial charge in [-0.3, -0.25) is 19.2 Å². The molecule has 11 atom stereocenters. The zero-order valence-corrected chi connectivity index (χ0v) is 43.7. The van der Waals surface area contributed by atoms with Crippen molar-refractivity contribution in [1.29, 1.82) is 0 Å². The van der Waals surface area contributed by atoms with E-state index in [4.69, 9.17) is 14.2 Å². The van der Waals surface area contributed by atoms with Crippen molar-refractivity contribution in [2.45, 2.75) is 207 Å². The average Bonchev–Trinajstić information content (AvgIpc) is 3.70. The van der Waals surface area contributed by atoms with E-state index in [9.17, 15) is 45.5 Å². The van der Waals surface area contributed by atoms with Crippen molar-refractivity contribution in [3.63, 3.8) is 0 Å². The van der Waals surface area contributed by atoms with Gasteiger partial charge in [-0.05, 0) is 148 Å². The van der Waals surface area contributed by atoms with E-state index in [-0.39, 0.29) is 58.9 Å². The van der Waals surface area contributed by atoms with Crippen molar-refractivity contribution in [1.82, 2.24) is 4.90 Å². The summed E-state index contributed by atoms with van der Waals surface area (Å²) in [5.41, 5.74) is -1.75. The van der Waals surface area contributed by atoms with Gasteiger partial charge in [0.2, 0.25) is 5.91 Å². The highest BCUT2D eigenvalue weighted by Gasteiger charge is 2.67. The summed E-state index contributed by atoms with van der Waals surface area (Å²) in [6, 6.07) is 10.3. The quantitative estimate of drug-likeness (QED) is 0.0423. The standard InChI is InChI=1S/C58H81F6NO7/c1-7-9-11-13-15-17-33-65(34-18-16-14-12-10-8-2)51(67)30-19-38(3)46-28-29-47-52-48(37-50(56(46,47)6)72-44-26-22-41(23-27-44)54(69)58(62,63)64)55(5)32-31-45(70-39(4)66)35-42(55)36-49(52)71-43-24-20-40(21-25-43)53(68)57(59,60)61/h20-27,38,42,45-50,52H,7-19,28-37H2,1-6H3/t38-,42?,45?,46?,47?,48?,49?,50?,52?,55+,56-/m1/s1. The van der Waals surface area contributed by atoms with E-state index in [0.29, 0.717) is 50.0 Å². The zero-order valence-electron chi connectivity index (χ0n) is 43.7. The maximum atomic E-state index is 14.3. The van der Waals surface area contributed by atoms with Crippen LogP contribution in [-0.4, -0.2) is 72.1 Å². The zero-order chi connectivity index (χ0) is 52.4. The highest BCUT2D eigenvalue weighted by Crippen LogP contribution is 2.69. The molecule has 2 aromatic carbocycles. The smallest absolute Gasteiger partial charge is 0.454 e. The van der Waals surface area contributed by atoms with Crippen molar-refractivity contribution >= 4 is 23.4 Å². The number of fused-ring (bicyclic) bond motifs is 5. The van der Waals surface area contributed by atoms with Crippen molar-refractivity contribution in [3.8, 4) is 11.5 Å². The van der Waals surface area contributed by atoms with Gasteiger partial charge in [-0.15, -0.1) is 0 Å². The van der Waals surface area contributed by atoms with Gasteiger partial charge in [-0.1, -0.05) is 98.8 Å². The molecule has 8 unspecified atom stereocenters. The van der Waals surface area contributed by atoms with Crippen LogP contribution in [-0.2, 0) is 14.3 Å². The third-order valence-electron chi connectivity index (χ3n) is 17.8. The van der Waals surface area contributed by atoms with Gasteiger partial charge >= 0.3 is 18.3 Å². The number of ketones is 2. The predicted octanol–water partition coefficient (Wildman–Crippen LogP) is 15.1. The molecule has 0 aromatic heterocycles. The normalized spacial score (nSPS) is 28.5. The fourth-order valence-electron chi connectivity index (χ4n) is 14.0. The average molecular weight is 1020 g/mol. The van der Waals surface area contributed by atoms with E-state index in [1.54, 1.807) is 0 Å². The lowest BCUT2D eigenvalue weighted by molar-refractivity contribution is -0.200. The number of halogens is 6. The van der Waals surface area contributed by atoms with Gasteiger partial charge in [-0.2, -0.15) is 26.3 Å². The molecule has 72 heavy (non-hydrogen) atoms. The number of carbonyl (C=O) groups is 4. The SMILES string of the molecule is CCCCCCCCN(CCCCCCCC)C(=O)CC[C@@H](C)C1CCC2C3C(Oc4ccc(C(=O)C(F)(F)F)cc4)CC4CC(OC(C)=O)CC[C@]4(C)C3CC(Oc3ccc(C(=O)C(F)(F)F)cc3)[C@@]21C. The first kappa shape index (κ1) is 57.2. The first-order valence-corrected chi connectivity index (χ1v) is 27.3. The predicted molar refractivity (Wildman–Crippen MR) is 266 cm³/mol. The van der Waals surface area contributed by atoms with Crippen molar-refractivity contribution in [2.24, 2.45) is 46.3 Å². The van der Waals surface area contributed by atoms with Crippen molar-refractivity contribution in [2.75, 3.05) is 13.1 Å². The lowest BCUT2D eigenvalue weighted by atomic mass is 9.43. The summed E-state index contributed by atoms with van der Waals surface area (Å²) in [5.74, 6) is -3.20. The van der Waals surface area contributed by atoms with Crippen LogP contribution in [0.3, 0.4) is 0 Å². The second-order valence-corrected chi connectivity index (χ2v) is 22.4. The number of esters is 1. The number of amides is 1. The first-order chi connectivity index (χ1) is 34.1. The second kappa shape index (κ2) is 25.0. The van der Waals surface area contributed by atoms with Crippen LogP contribution in [0.2, 0.25) is 0 Å². The Kier molecular flexibility index (Phi) is 19.8. The minimum Gasteiger partial charge on any atom is -0.490 e. The van der Waals surface area contributed by atoms with E-state index in [2.05, 4.69) is 39.5 Å². The van der Waals surface area contributed by atoms with Crippen LogP contribution in [0.5, 0.6) is 11.5 Å². The molecule has 2 aromatic rings. The van der Waals surface area contributed by atoms with Gasteiger partial charge in [0.25, 0.3) is 11.6 Å². The van der Waals surface area contributed by atoms with Gasteiger partial charge in [0.1, 0.15) is 29.8 Å². The van der Waals surface area contributed by atoms with Crippen LogP contribution in [0.15, 0.2) is 48.5 Å². The van der Waals surface area contributed by atoms with Crippen molar-refractivity contribution < 1.29 is 59.7 Å². The first-order valence-electron chi connectivity index (χ1n) is 27.3. The molecule has 0 bridgehead atoms. The molecule has 402 valence electrons. The Labute approximate surface area is 424 Å². The van der Waals surface area contributed by atoms with Crippen molar-refractivity contribution in [3.05, 3.63) is 59.7 Å². The highest BCUT2D eigenvalue weighted by molar-refractivity contribution is 6.00. The van der Waals surface area contributed by atoms with Gasteiger partial charge in [-0.25, -0.2) is 0 Å². The maximum Gasteiger partial charge on any atom is 0.454 e. The highest BCUT2D eigenvalue weighted by atomic mass is 19.4. The minimum absolute atomic E-state index is 0.00657. The molecule has 0 spiro atoms. The van der Waals surface area contributed by atoms with Crippen LogP contribution in [0.1, 0.15) is 197 Å². The number of Topliss-reactive ketones (excluding diaryl/α,β-unsaturated/α-hetero) is 2. The molecule has 0 aliphatic heterocycles. The number of rotatable bonds is 25. The van der Waals surface area contributed by atoms with E-state index in [0.717, 1.165) is 82.3 Å². The number of ether oxygens (including phenoxy) is 3. The molecule has 0 N–H and O–H groups in total. The number of alkyl halides is 6. The fraction of sp³-hybridized carbons (Fsp3) is 0.724. The largest absolute Gasteiger partial charge is 0.490 e. The molecule has 4 aliphatic rings. The Morgan fingerprint density at radius 2 is 1.18 bits per heavy atom. The summed E-state index contributed by atoms with van der Waals surface area (Å²) in [4.78, 5) is 52.9. The van der Waals surface area contributed by atoms with Crippen LogP contribution < -0.4 is 9.47 Å². The molecule has 1 amide bonds. The minimum atomic E-state index is -5.03. The van der Waals surface area contributed by atoms with Gasteiger partial charge in [0.15, 0.2) is 0 Å². The van der Waals surface area contributed by atoms with Gasteiger partial charge in [0, 0.05) is 48.9 Å². The summed E-state index contributed by atoms with van der Waals surface area (Å²) in [7, 11) is 0. The molecular weight excluding hydrogens is 937 g/mol. The Morgan fingerprint density at radius 1 is 0.667 bits per heavy atom. The lowest BCUT2D eigenvalue weighted by Crippen LogP contribution is -2.64. The number of benzene rings is 2. The molecule has 0 heterocycles. The molecule has 6 rings (SSSR count). The van der Waals surface area contributed by atoms with E-state index >= 15 is 0 Å². The van der Waals surface area contributed by atoms with Gasteiger partial charge < -0.3 is 19.1 Å². The van der Waals surface area contributed by atoms with Crippen LogP contribution >= 0.6 is 0 Å².